The van der Waals surface area contributed by atoms with E-state index in [1.807, 2.05) is 56.3 Å². The Morgan fingerprint density at radius 3 is 2.65 bits per heavy atom. The Morgan fingerprint density at radius 1 is 1.31 bits per heavy atom. The van der Waals surface area contributed by atoms with Crippen molar-refractivity contribution < 1.29 is 4.74 Å². The summed E-state index contributed by atoms with van der Waals surface area (Å²) in [4.78, 5) is 4.10. The van der Waals surface area contributed by atoms with Gasteiger partial charge in [0, 0.05) is 36.1 Å². The van der Waals surface area contributed by atoms with Crippen molar-refractivity contribution in [1.82, 2.24) is 0 Å². The molecule has 5 nitrogen and oxygen atoms in total. The molecule has 0 aliphatic rings. The first-order chi connectivity index (χ1) is 12.3. The second-order valence-corrected chi connectivity index (χ2v) is 6.49. The number of aliphatic imine (C=N–C) groups is 1. The van der Waals surface area contributed by atoms with Gasteiger partial charge in [0.1, 0.15) is 12.4 Å². The molecule has 0 amide bonds. The third-order valence-electron chi connectivity index (χ3n) is 4.07. The molecule has 138 valence electrons. The van der Waals surface area contributed by atoms with Gasteiger partial charge in [-0.3, -0.25) is 4.99 Å². The number of ether oxygens (including phenoxy) is 1. The lowest BCUT2D eigenvalue weighted by Crippen LogP contribution is -2.26. The number of hydrazine groups is 1. The van der Waals surface area contributed by atoms with Crippen molar-refractivity contribution in [3.63, 3.8) is 0 Å². The molecule has 0 saturated carbocycles. The van der Waals surface area contributed by atoms with Crippen LogP contribution in [0.5, 0.6) is 5.75 Å². The molecule has 0 spiro atoms. The molecule has 0 aromatic heterocycles. The van der Waals surface area contributed by atoms with Crippen LogP contribution in [-0.4, -0.2) is 19.8 Å². The van der Waals surface area contributed by atoms with Crippen LogP contribution in [0.4, 0.5) is 5.69 Å². The summed E-state index contributed by atoms with van der Waals surface area (Å²) < 4.78 is 5.98. The molecule has 0 atom stereocenters. The maximum atomic E-state index is 6.31. The lowest BCUT2D eigenvalue weighted by Gasteiger charge is -2.19. The number of hydrogen-bond donors (Lipinski definition) is 2. The zero-order chi connectivity index (χ0) is 19.3. The Kier molecular flexibility index (Phi) is 6.66. The molecular formula is C20H25ClN4O. The monoisotopic (exact) mass is 372 g/mol. The molecular weight excluding hydrogens is 348 g/mol. The Morgan fingerprint density at radius 2 is 2.04 bits per heavy atom. The van der Waals surface area contributed by atoms with Crippen LogP contribution >= 0.6 is 11.6 Å². The van der Waals surface area contributed by atoms with Gasteiger partial charge in [0.2, 0.25) is 0 Å². The quantitative estimate of drug-likeness (QED) is 0.457. The Balaban J connectivity index is 2.21. The number of nitrogens with zero attached hydrogens (tertiary/aromatic N) is 2. The van der Waals surface area contributed by atoms with E-state index in [4.69, 9.17) is 27.9 Å². The van der Waals surface area contributed by atoms with Crippen LogP contribution in [0.3, 0.4) is 0 Å². The highest BCUT2D eigenvalue weighted by Crippen LogP contribution is 2.29. The number of nitrogens with two attached hydrogens (primary N) is 2. The summed E-state index contributed by atoms with van der Waals surface area (Å²) in [5, 5.41) is 2.15. The van der Waals surface area contributed by atoms with Crippen molar-refractivity contribution in [3.05, 3.63) is 64.2 Å². The summed E-state index contributed by atoms with van der Waals surface area (Å²) >= 11 is 6.31. The van der Waals surface area contributed by atoms with Gasteiger partial charge in [-0.05, 0) is 61.4 Å². The van der Waals surface area contributed by atoms with Crippen LogP contribution in [0.25, 0.3) is 5.70 Å². The van der Waals surface area contributed by atoms with Gasteiger partial charge < -0.3 is 15.5 Å². The van der Waals surface area contributed by atoms with E-state index in [2.05, 4.69) is 4.99 Å². The molecule has 2 rings (SSSR count). The lowest BCUT2D eigenvalue weighted by molar-refractivity contribution is 0.304. The van der Waals surface area contributed by atoms with E-state index in [0.717, 1.165) is 33.8 Å². The molecule has 0 radical (unpaired) electrons. The SMILES string of the molecule is CN=C(C)C=C(N)c1ccc(OCc2c(Cl)cccc2N(C)N)c(C)c1. The van der Waals surface area contributed by atoms with Gasteiger partial charge in [-0.15, -0.1) is 0 Å². The molecule has 0 bridgehead atoms. The Hall–Kier alpha value is -2.50. The molecule has 26 heavy (non-hydrogen) atoms. The predicted molar refractivity (Wildman–Crippen MR) is 111 cm³/mol. The number of allylic oxidation sites excluding steroid dienone is 1. The standard InChI is InChI=1S/C20H25ClN4O/c1-13-10-15(18(22)11-14(2)24-3)8-9-20(13)26-12-16-17(21)6-5-7-19(16)25(4)23/h5-11H,12,22-23H2,1-4H3. The molecule has 2 aromatic carbocycles. The van der Waals surface area contributed by atoms with Crippen molar-refractivity contribution >= 4 is 28.7 Å². The van der Waals surface area contributed by atoms with Crippen LogP contribution in [-0.2, 0) is 6.61 Å². The minimum absolute atomic E-state index is 0.323. The highest BCUT2D eigenvalue weighted by molar-refractivity contribution is 6.31. The maximum Gasteiger partial charge on any atom is 0.122 e. The number of halogens is 1. The molecule has 0 aliphatic carbocycles. The Labute approximate surface area is 159 Å². The first kappa shape index (κ1) is 19.8. The summed E-state index contributed by atoms with van der Waals surface area (Å²) in [6, 6.07) is 11.4. The van der Waals surface area contributed by atoms with Gasteiger partial charge in [-0.2, -0.15) is 0 Å². The van der Waals surface area contributed by atoms with Crippen molar-refractivity contribution in [2.24, 2.45) is 16.6 Å². The number of benzene rings is 2. The number of aryl methyl sites for hydroxylation is 1. The maximum absolute atomic E-state index is 6.31. The topological polar surface area (TPSA) is 76.9 Å². The fraction of sp³-hybridized carbons (Fsp3) is 0.250. The van der Waals surface area contributed by atoms with E-state index in [1.165, 1.54) is 5.01 Å². The van der Waals surface area contributed by atoms with E-state index in [0.29, 0.717) is 17.3 Å². The summed E-state index contributed by atoms with van der Waals surface area (Å²) in [5.41, 5.74) is 11.3. The minimum Gasteiger partial charge on any atom is -0.488 e. The number of anilines is 1. The minimum atomic E-state index is 0.323. The summed E-state index contributed by atoms with van der Waals surface area (Å²) in [6.07, 6.45) is 1.85. The normalized spacial score (nSPS) is 12.2. The summed E-state index contributed by atoms with van der Waals surface area (Å²) in [6.45, 7) is 4.21. The highest BCUT2D eigenvalue weighted by Gasteiger charge is 2.11. The second-order valence-electron chi connectivity index (χ2n) is 6.08. The molecule has 4 N–H and O–H groups in total. The van der Waals surface area contributed by atoms with Gasteiger partial charge in [0.25, 0.3) is 0 Å². The van der Waals surface area contributed by atoms with Crippen LogP contribution < -0.4 is 21.3 Å². The lowest BCUT2D eigenvalue weighted by atomic mass is 10.1. The van der Waals surface area contributed by atoms with Gasteiger partial charge in [-0.1, -0.05) is 17.7 Å². The van der Waals surface area contributed by atoms with Crippen molar-refractivity contribution in [3.8, 4) is 5.75 Å². The number of hydrogen-bond acceptors (Lipinski definition) is 5. The molecule has 6 heteroatoms. The smallest absolute Gasteiger partial charge is 0.122 e. The van der Waals surface area contributed by atoms with Crippen LogP contribution in [0, 0.1) is 6.92 Å². The number of rotatable bonds is 6. The van der Waals surface area contributed by atoms with Crippen LogP contribution in [0.15, 0.2) is 47.5 Å². The van der Waals surface area contributed by atoms with Gasteiger partial charge in [-0.25, -0.2) is 5.84 Å². The van der Waals surface area contributed by atoms with Gasteiger partial charge in [0.15, 0.2) is 0 Å². The van der Waals surface area contributed by atoms with Crippen molar-refractivity contribution in [2.75, 3.05) is 19.1 Å². The molecule has 2 aromatic rings. The second kappa shape index (κ2) is 8.74. The van der Waals surface area contributed by atoms with E-state index in [1.54, 1.807) is 14.1 Å². The largest absolute Gasteiger partial charge is 0.488 e. The van der Waals surface area contributed by atoms with Gasteiger partial charge >= 0.3 is 0 Å². The van der Waals surface area contributed by atoms with E-state index < -0.39 is 0 Å². The van der Waals surface area contributed by atoms with Crippen molar-refractivity contribution in [1.29, 1.82) is 0 Å². The summed E-state index contributed by atoms with van der Waals surface area (Å²) in [7, 11) is 3.51. The molecule has 0 aliphatic heterocycles. The highest BCUT2D eigenvalue weighted by atomic mass is 35.5. The zero-order valence-corrected chi connectivity index (χ0v) is 16.3. The average Bonchev–Trinajstić information content (AvgIpc) is 2.60. The van der Waals surface area contributed by atoms with Crippen molar-refractivity contribution in [2.45, 2.75) is 20.5 Å². The van der Waals surface area contributed by atoms with E-state index >= 15 is 0 Å². The predicted octanol–water partition coefficient (Wildman–Crippen LogP) is 3.93. The van der Waals surface area contributed by atoms with Crippen LogP contribution in [0.1, 0.15) is 23.6 Å². The third-order valence-corrected chi connectivity index (χ3v) is 4.43. The average molecular weight is 373 g/mol. The van der Waals surface area contributed by atoms with Crippen LogP contribution in [0.2, 0.25) is 5.02 Å². The van der Waals surface area contributed by atoms with Gasteiger partial charge in [0.05, 0.1) is 5.69 Å². The fourth-order valence-electron chi connectivity index (χ4n) is 2.53. The molecule has 0 heterocycles. The Bertz CT molecular complexity index is 844. The first-order valence-electron chi connectivity index (χ1n) is 8.23. The molecule has 0 fully saturated rings. The first-order valence-corrected chi connectivity index (χ1v) is 8.61. The zero-order valence-electron chi connectivity index (χ0n) is 15.6. The van der Waals surface area contributed by atoms with E-state index in [9.17, 15) is 0 Å². The molecule has 0 unspecified atom stereocenters. The third kappa shape index (κ3) is 4.77. The summed E-state index contributed by atoms with van der Waals surface area (Å²) in [5.74, 6) is 6.65. The molecule has 0 saturated heterocycles. The van der Waals surface area contributed by atoms with E-state index in [-0.39, 0.29) is 0 Å². The fourth-order valence-corrected chi connectivity index (χ4v) is 2.76.